The molecule has 2 unspecified atom stereocenters. The van der Waals surface area contributed by atoms with E-state index in [1.807, 2.05) is 19.1 Å². The lowest BCUT2D eigenvalue weighted by atomic mass is 9.45. The molecule has 0 aromatic heterocycles. The molecule has 170 valence electrons. The molecule has 0 saturated heterocycles. The Balaban J connectivity index is 1.30. The first-order chi connectivity index (χ1) is 14.6. The second-order valence-corrected chi connectivity index (χ2v) is 12.9. The molecular weight excluding hydrogens is 408 g/mol. The number of rotatable bonds is 3. The van der Waals surface area contributed by atoms with E-state index in [9.17, 15) is 13.2 Å². The molecule has 0 bridgehead atoms. The van der Waals surface area contributed by atoms with Crippen LogP contribution in [-0.2, 0) is 19.1 Å². The van der Waals surface area contributed by atoms with Crippen LogP contribution in [0.15, 0.2) is 29.2 Å². The van der Waals surface area contributed by atoms with Crippen molar-refractivity contribution in [3.8, 4) is 0 Å². The van der Waals surface area contributed by atoms with Gasteiger partial charge < -0.3 is 0 Å². The minimum absolute atomic E-state index is 0.0766. The van der Waals surface area contributed by atoms with Gasteiger partial charge in [0.15, 0.2) is 0 Å². The van der Waals surface area contributed by atoms with Crippen LogP contribution < -0.4 is 0 Å². The van der Waals surface area contributed by atoms with Crippen LogP contribution in [-0.4, -0.2) is 20.3 Å². The maximum atomic E-state index is 12.8. The molecule has 4 nitrogen and oxygen atoms in total. The third kappa shape index (κ3) is 3.42. The Morgan fingerprint density at radius 2 is 1.68 bits per heavy atom. The summed E-state index contributed by atoms with van der Waals surface area (Å²) >= 11 is 0. The first-order valence-corrected chi connectivity index (χ1v) is 13.6. The third-order valence-corrected chi connectivity index (χ3v) is 11.3. The highest BCUT2D eigenvalue weighted by Gasteiger charge is 2.60. The number of carbonyl (C=O) groups is 1. The molecule has 0 N–H and O–H groups in total. The average Bonchev–Trinajstić information content (AvgIpc) is 3.03. The second kappa shape index (κ2) is 7.41. The highest BCUT2D eigenvalue weighted by atomic mass is 32.2. The molecule has 1 aromatic rings. The number of hydrogen-bond acceptors (Lipinski definition) is 4. The molecule has 0 amide bonds. The Bertz CT molecular complexity index is 968. The average molecular weight is 445 g/mol. The van der Waals surface area contributed by atoms with E-state index in [1.165, 1.54) is 6.42 Å². The van der Waals surface area contributed by atoms with Crippen molar-refractivity contribution in [3.05, 3.63) is 29.8 Å². The standard InChI is InChI=1S/C26H36O4S/c1-17-4-7-20(8-5-17)31(28,29)30-19-12-14-25(2)18(16-19)6-9-21-22-10-11-24(27)26(22,3)15-13-23(21)25/h4-5,7-8,18-19,21-23H,6,9-16H2,1-3H3/t18?,19?,21-,22-,23+,25-,26-/m0/s1. The smallest absolute Gasteiger partial charge is 0.297 e. The van der Waals surface area contributed by atoms with E-state index in [0.717, 1.165) is 56.9 Å². The van der Waals surface area contributed by atoms with Crippen molar-refractivity contribution in [2.75, 3.05) is 0 Å². The van der Waals surface area contributed by atoms with Crippen molar-refractivity contribution in [1.82, 2.24) is 0 Å². The predicted octanol–water partition coefficient (Wildman–Crippen LogP) is 5.68. The van der Waals surface area contributed by atoms with Gasteiger partial charge in [0.25, 0.3) is 10.1 Å². The lowest BCUT2D eigenvalue weighted by Gasteiger charge is -2.60. The maximum Gasteiger partial charge on any atom is 0.297 e. The molecule has 4 aliphatic rings. The molecule has 5 rings (SSSR count). The highest BCUT2D eigenvalue weighted by Crippen LogP contribution is 2.65. The fourth-order valence-corrected chi connectivity index (χ4v) is 9.13. The number of fused-ring (bicyclic) bond motifs is 5. The van der Waals surface area contributed by atoms with Gasteiger partial charge in [0.1, 0.15) is 5.78 Å². The zero-order valence-corrected chi connectivity index (χ0v) is 19.9. The highest BCUT2D eigenvalue weighted by molar-refractivity contribution is 7.86. The number of Topliss-reactive ketones (excluding diaryl/α,β-unsaturated/α-hetero) is 1. The molecule has 0 spiro atoms. The summed E-state index contributed by atoms with van der Waals surface area (Å²) in [5, 5.41) is 0. The number of aryl methyl sites for hydroxylation is 1. The number of ketones is 1. The summed E-state index contributed by atoms with van der Waals surface area (Å²) in [6, 6.07) is 6.93. The number of benzene rings is 1. The van der Waals surface area contributed by atoms with Crippen molar-refractivity contribution >= 4 is 15.9 Å². The zero-order chi connectivity index (χ0) is 22.0. The van der Waals surface area contributed by atoms with E-state index < -0.39 is 10.1 Å². The first kappa shape index (κ1) is 21.6. The van der Waals surface area contributed by atoms with Crippen LogP contribution in [0.2, 0.25) is 0 Å². The SMILES string of the molecule is Cc1ccc(S(=O)(=O)OC2CC[C@@]3(C)C(CC[C@@H]4[C@H]3CC[C@]3(C)C(=O)CC[C@@H]43)C2)cc1. The summed E-state index contributed by atoms with van der Waals surface area (Å²) in [6.07, 6.45) is 8.85. The van der Waals surface area contributed by atoms with Crippen LogP contribution >= 0.6 is 0 Å². The molecule has 31 heavy (non-hydrogen) atoms. The quantitative estimate of drug-likeness (QED) is 0.563. The first-order valence-electron chi connectivity index (χ1n) is 12.2. The third-order valence-electron chi connectivity index (χ3n) is 9.90. The molecule has 0 aliphatic heterocycles. The van der Waals surface area contributed by atoms with E-state index in [1.54, 1.807) is 12.1 Å². The minimum atomic E-state index is -3.72. The van der Waals surface area contributed by atoms with Gasteiger partial charge in [0.2, 0.25) is 0 Å². The van der Waals surface area contributed by atoms with Crippen LogP contribution in [0.4, 0.5) is 0 Å². The second-order valence-electron chi connectivity index (χ2n) is 11.3. The van der Waals surface area contributed by atoms with Crippen LogP contribution in [0.5, 0.6) is 0 Å². The van der Waals surface area contributed by atoms with Crippen LogP contribution in [0.1, 0.15) is 77.2 Å². The fraction of sp³-hybridized carbons (Fsp3) is 0.731. The van der Waals surface area contributed by atoms with Gasteiger partial charge in [-0.15, -0.1) is 0 Å². The van der Waals surface area contributed by atoms with Gasteiger partial charge in [-0.25, -0.2) is 0 Å². The molecule has 0 radical (unpaired) electrons. The zero-order valence-electron chi connectivity index (χ0n) is 19.1. The summed E-state index contributed by atoms with van der Waals surface area (Å²) in [5.41, 5.74) is 1.22. The molecule has 1 aromatic carbocycles. The molecule has 0 heterocycles. The van der Waals surface area contributed by atoms with Gasteiger partial charge in [0, 0.05) is 11.8 Å². The predicted molar refractivity (Wildman–Crippen MR) is 120 cm³/mol. The van der Waals surface area contributed by atoms with Gasteiger partial charge in [-0.3, -0.25) is 8.98 Å². The number of carbonyl (C=O) groups excluding carboxylic acids is 1. The molecule has 5 heteroatoms. The Labute approximate surface area is 187 Å². The topological polar surface area (TPSA) is 60.4 Å². The van der Waals surface area contributed by atoms with Crippen molar-refractivity contribution in [2.24, 2.45) is 34.5 Å². The maximum absolute atomic E-state index is 12.8. The molecular formula is C26H36O4S. The van der Waals surface area contributed by atoms with E-state index >= 15 is 0 Å². The molecule has 4 saturated carbocycles. The van der Waals surface area contributed by atoms with Gasteiger partial charge in [0.05, 0.1) is 11.0 Å². The molecule has 4 aliphatic carbocycles. The van der Waals surface area contributed by atoms with Crippen LogP contribution in [0, 0.1) is 41.4 Å². The largest absolute Gasteiger partial charge is 0.299 e. The van der Waals surface area contributed by atoms with Crippen molar-refractivity contribution in [3.63, 3.8) is 0 Å². The summed E-state index contributed by atoms with van der Waals surface area (Å²) in [6.45, 7) is 6.64. The van der Waals surface area contributed by atoms with E-state index in [0.29, 0.717) is 29.5 Å². The van der Waals surface area contributed by atoms with Crippen molar-refractivity contribution in [1.29, 1.82) is 0 Å². The normalized spacial score (nSPS) is 42.5. The van der Waals surface area contributed by atoms with Gasteiger partial charge >= 0.3 is 0 Å². The van der Waals surface area contributed by atoms with Crippen LogP contribution in [0.25, 0.3) is 0 Å². The Hall–Kier alpha value is -1.20. The molecule has 7 atom stereocenters. The monoisotopic (exact) mass is 444 g/mol. The minimum Gasteiger partial charge on any atom is -0.299 e. The Morgan fingerprint density at radius 3 is 2.42 bits per heavy atom. The van der Waals surface area contributed by atoms with E-state index in [-0.39, 0.29) is 21.8 Å². The van der Waals surface area contributed by atoms with Gasteiger partial charge in [-0.1, -0.05) is 31.5 Å². The van der Waals surface area contributed by atoms with Crippen molar-refractivity contribution < 1.29 is 17.4 Å². The Morgan fingerprint density at radius 1 is 0.935 bits per heavy atom. The van der Waals surface area contributed by atoms with E-state index in [4.69, 9.17) is 4.18 Å². The Kier molecular flexibility index (Phi) is 5.17. The van der Waals surface area contributed by atoms with E-state index in [2.05, 4.69) is 13.8 Å². The van der Waals surface area contributed by atoms with Crippen LogP contribution in [0.3, 0.4) is 0 Å². The summed E-state index contributed by atoms with van der Waals surface area (Å²) in [5.74, 6) is 2.92. The summed E-state index contributed by atoms with van der Waals surface area (Å²) in [4.78, 5) is 12.9. The van der Waals surface area contributed by atoms with Gasteiger partial charge in [-0.2, -0.15) is 8.42 Å². The fourth-order valence-electron chi connectivity index (χ4n) is 8.02. The van der Waals surface area contributed by atoms with Crippen molar-refractivity contribution in [2.45, 2.75) is 89.6 Å². The summed E-state index contributed by atoms with van der Waals surface area (Å²) < 4.78 is 31.4. The number of hydrogen-bond donors (Lipinski definition) is 0. The lowest BCUT2D eigenvalue weighted by molar-refractivity contribution is -0.141. The lowest BCUT2D eigenvalue weighted by Crippen LogP contribution is -2.54. The molecule has 4 fully saturated rings. The summed E-state index contributed by atoms with van der Waals surface area (Å²) in [7, 11) is -3.72. The van der Waals surface area contributed by atoms with Gasteiger partial charge in [-0.05, 0) is 99.5 Å².